The quantitative estimate of drug-likeness (QED) is 0.769. The topological polar surface area (TPSA) is 79.7 Å². The summed E-state index contributed by atoms with van der Waals surface area (Å²) in [5.74, 6) is 1.01. The molecular weight excluding hydrogens is 284 g/mol. The van der Waals surface area contributed by atoms with Crippen LogP contribution in [0, 0.1) is 0 Å². The molecule has 1 atom stereocenters. The highest BCUT2D eigenvalue weighted by Crippen LogP contribution is 2.20. The summed E-state index contributed by atoms with van der Waals surface area (Å²) < 4.78 is 10.9. The zero-order valence-electron chi connectivity index (χ0n) is 13.6. The number of hydrogen-bond acceptors (Lipinski definition) is 7. The number of morpholine rings is 1. The highest BCUT2D eigenvalue weighted by atomic mass is 16.5. The molecule has 0 amide bonds. The average Bonchev–Trinajstić information content (AvgIpc) is 2.46. The van der Waals surface area contributed by atoms with Gasteiger partial charge in [-0.3, -0.25) is 4.90 Å². The lowest BCUT2D eigenvalue weighted by molar-refractivity contribution is -0.0164. The SMILES string of the molecule is CC(C)Oc1nccnc1NCC(C)(O)CN1CCOCC1. The molecule has 7 nitrogen and oxygen atoms in total. The monoisotopic (exact) mass is 310 g/mol. The van der Waals surface area contributed by atoms with Crippen molar-refractivity contribution in [3.05, 3.63) is 12.4 Å². The van der Waals surface area contributed by atoms with Gasteiger partial charge in [-0.25, -0.2) is 9.97 Å². The molecule has 2 N–H and O–H groups in total. The van der Waals surface area contributed by atoms with Crippen LogP contribution in [0.15, 0.2) is 12.4 Å². The van der Waals surface area contributed by atoms with Crippen molar-refractivity contribution in [2.45, 2.75) is 32.5 Å². The van der Waals surface area contributed by atoms with E-state index in [4.69, 9.17) is 9.47 Å². The number of β-amino-alcohol motifs (C(OH)–C–C–N with tert-alkyl or cyclic N) is 1. The lowest BCUT2D eigenvalue weighted by Gasteiger charge is -2.34. The fourth-order valence-corrected chi connectivity index (χ4v) is 2.33. The van der Waals surface area contributed by atoms with Crippen LogP contribution in [0.1, 0.15) is 20.8 Å². The largest absolute Gasteiger partial charge is 0.472 e. The maximum Gasteiger partial charge on any atom is 0.257 e. The first kappa shape index (κ1) is 16.9. The van der Waals surface area contributed by atoms with Crippen LogP contribution in [0.25, 0.3) is 0 Å². The van der Waals surface area contributed by atoms with Crippen molar-refractivity contribution in [1.82, 2.24) is 14.9 Å². The van der Waals surface area contributed by atoms with Crippen molar-refractivity contribution in [2.75, 3.05) is 44.7 Å². The Labute approximate surface area is 131 Å². The van der Waals surface area contributed by atoms with Crippen LogP contribution in [-0.4, -0.2) is 71.1 Å². The Morgan fingerprint density at radius 2 is 2.05 bits per heavy atom. The third kappa shape index (κ3) is 5.40. The van der Waals surface area contributed by atoms with E-state index in [0.717, 1.165) is 26.3 Å². The summed E-state index contributed by atoms with van der Waals surface area (Å²) in [5, 5.41) is 13.7. The molecular formula is C15H26N4O3. The zero-order chi connectivity index (χ0) is 16.0. The Hall–Kier alpha value is -1.44. The number of aromatic nitrogens is 2. The Balaban J connectivity index is 1.90. The Morgan fingerprint density at radius 3 is 2.73 bits per heavy atom. The summed E-state index contributed by atoms with van der Waals surface area (Å²) >= 11 is 0. The first-order valence-electron chi connectivity index (χ1n) is 7.70. The number of ether oxygens (including phenoxy) is 2. The van der Waals surface area contributed by atoms with Gasteiger partial charge in [-0.15, -0.1) is 0 Å². The molecule has 0 aromatic carbocycles. The molecule has 0 aliphatic carbocycles. The summed E-state index contributed by atoms with van der Waals surface area (Å²) in [6.07, 6.45) is 3.21. The minimum atomic E-state index is -0.871. The molecule has 1 unspecified atom stereocenters. The predicted molar refractivity (Wildman–Crippen MR) is 84.2 cm³/mol. The molecule has 0 spiro atoms. The standard InChI is InChI=1S/C15H26N4O3/c1-12(2)22-14-13(16-4-5-17-14)18-10-15(3,20)11-19-6-8-21-9-7-19/h4-5,12,20H,6-11H2,1-3H3,(H,16,18). The highest BCUT2D eigenvalue weighted by Gasteiger charge is 2.25. The molecule has 124 valence electrons. The molecule has 7 heteroatoms. The van der Waals surface area contributed by atoms with E-state index < -0.39 is 5.60 Å². The third-order valence-electron chi connectivity index (χ3n) is 3.32. The molecule has 22 heavy (non-hydrogen) atoms. The van der Waals surface area contributed by atoms with Gasteiger partial charge in [0.2, 0.25) is 0 Å². The second-order valence-corrected chi connectivity index (χ2v) is 6.12. The lowest BCUT2D eigenvalue weighted by atomic mass is 10.1. The molecule has 0 saturated carbocycles. The normalized spacial score (nSPS) is 19.0. The zero-order valence-corrected chi connectivity index (χ0v) is 13.6. The van der Waals surface area contributed by atoms with Crippen LogP contribution >= 0.6 is 0 Å². The van der Waals surface area contributed by atoms with Gasteiger partial charge in [-0.2, -0.15) is 0 Å². The first-order valence-corrected chi connectivity index (χ1v) is 7.70. The molecule has 2 rings (SSSR count). The minimum absolute atomic E-state index is 0.0195. The molecule has 1 aromatic heterocycles. The first-order chi connectivity index (χ1) is 10.5. The minimum Gasteiger partial charge on any atom is -0.472 e. The fourth-order valence-electron chi connectivity index (χ4n) is 2.33. The van der Waals surface area contributed by atoms with Gasteiger partial charge in [0, 0.05) is 38.6 Å². The van der Waals surface area contributed by atoms with E-state index in [1.165, 1.54) is 0 Å². The van der Waals surface area contributed by atoms with Gasteiger partial charge in [0.25, 0.3) is 5.88 Å². The van der Waals surface area contributed by atoms with E-state index in [1.807, 2.05) is 20.8 Å². The van der Waals surface area contributed by atoms with Gasteiger partial charge in [0.15, 0.2) is 5.82 Å². The number of aliphatic hydroxyl groups is 1. The van der Waals surface area contributed by atoms with Crippen LogP contribution in [0.3, 0.4) is 0 Å². The summed E-state index contributed by atoms with van der Waals surface area (Å²) in [6, 6.07) is 0. The molecule has 1 aliphatic rings. The molecule has 1 aromatic rings. The van der Waals surface area contributed by atoms with Crippen molar-refractivity contribution < 1.29 is 14.6 Å². The number of nitrogens with zero attached hydrogens (tertiary/aromatic N) is 3. The highest BCUT2D eigenvalue weighted by molar-refractivity contribution is 5.44. The van der Waals surface area contributed by atoms with Crippen LogP contribution in [0.5, 0.6) is 5.88 Å². The van der Waals surface area contributed by atoms with Crippen molar-refractivity contribution in [3.8, 4) is 5.88 Å². The van der Waals surface area contributed by atoms with Crippen molar-refractivity contribution in [2.24, 2.45) is 0 Å². The lowest BCUT2D eigenvalue weighted by Crippen LogP contribution is -2.49. The molecule has 1 fully saturated rings. The summed E-state index contributed by atoms with van der Waals surface area (Å²) in [7, 11) is 0. The van der Waals surface area contributed by atoms with Gasteiger partial charge in [0.05, 0.1) is 24.9 Å². The van der Waals surface area contributed by atoms with Gasteiger partial charge in [0.1, 0.15) is 0 Å². The number of anilines is 1. The van der Waals surface area contributed by atoms with E-state index in [9.17, 15) is 5.11 Å². The number of hydrogen-bond donors (Lipinski definition) is 2. The van der Waals surface area contributed by atoms with E-state index in [-0.39, 0.29) is 6.10 Å². The van der Waals surface area contributed by atoms with Crippen molar-refractivity contribution >= 4 is 5.82 Å². The molecule has 1 saturated heterocycles. The second-order valence-electron chi connectivity index (χ2n) is 6.12. The summed E-state index contributed by atoms with van der Waals surface area (Å²) in [5.41, 5.74) is -0.871. The van der Waals surface area contributed by atoms with Crippen molar-refractivity contribution in [1.29, 1.82) is 0 Å². The molecule has 0 bridgehead atoms. The van der Waals surface area contributed by atoms with Crippen molar-refractivity contribution in [3.63, 3.8) is 0 Å². The molecule has 1 aliphatic heterocycles. The van der Waals surface area contributed by atoms with E-state index in [2.05, 4.69) is 20.2 Å². The number of rotatable bonds is 7. The van der Waals surface area contributed by atoms with Gasteiger partial charge >= 0.3 is 0 Å². The van der Waals surface area contributed by atoms with Crippen LogP contribution in [0.4, 0.5) is 5.82 Å². The third-order valence-corrected chi connectivity index (χ3v) is 3.32. The molecule has 2 heterocycles. The maximum absolute atomic E-state index is 10.6. The van der Waals surface area contributed by atoms with Gasteiger partial charge < -0.3 is 19.9 Å². The second kappa shape index (κ2) is 7.71. The smallest absolute Gasteiger partial charge is 0.257 e. The van der Waals surface area contributed by atoms with Crippen LogP contribution in [0.2, 0.25) is 0 Å². The van der Waals surface area contributed by atoms with E-state index >= 15 is 0 Å². The average molecular weight is 310 g/mol. The maximum atomic E-state index is 10.6. The van der Waals surface area contributed by atoms with Crippen LogP contribution in [-0.2, 0) is 4.74 Å². The Kier molecular flexibility index (Phi) is 5.93. The van der Waals surface area contributed by atoms with E-state index in [1.54, 1.807) is 12.4 Å². The summed E-state index contributed by atoms with van der Waals surface area (Å²) in [6.45, 7) is 9.79. The molecule has 0 radical (unpaired) electrons. The van der Waals surface area contributed by atoms with Gasteiger partial charge in [-0.05, 0) is 20.8 Å². The van der Waals surface area contributed by atoms with Crippen LogP contribution < -0.4 is 10.1 Å². The summed E-state index contributed by atoms with van der Waals surface area (Å²) in [4.78, 5) is 10.6. The van der Waals surface area contributed by atoms with E-state index in [0.29, 0.717) is 24.8 Å². The predicted octanol–water partition coefficient (Wildman–Crippen LogP) is 0.759. The Morgan fingerprint density at radius 1 is 1.36 bits per heavy atom. The fraction of sp³-hybridized carbons (Fsp3) is 0.733. The Bertz CT molecular complexity index is 462. The van der Waals surface area contributed by atoms with Gasteiger partial charge in [-0.1, -0.05) is 0 Å². The number of nitrogens with one attached hydrogen (secondary N) is 1.